The van der Waals surface area contributed by atoms with Crippen LogP contribution < -0.4 is 4.74 Å². The van der Waals surface area contributed by atoms with Crippen molar-refractivity contribution in [2.45, 2.75) is 58.3 Å². The van der Waals surface area contributed by atoms with Crippen molar-refractivity contribution in [3.05, 3.63) is 90.0 Å². The number of carbonyl (C=O) groups excluding carboxylic acids is 1. The van der Waals surface area contributed by atoms with E-state index in [1.807, 2.05) is 42.5 Å². The summed E-state index contributed by atoms with van der Waals surface area (Å²) in [6.45, 7) is 6.63. The summed E-state index contributed by atoms with van der Waals surface area (Å²) in [5, 5.41) is 2.09. The molecule has 1 fully saturated rings. The minimum atomic E-state index is -0.0983. The van der Waals surface area contributed by atoms with Crippen LogP contribution in [0.2, 0.25) is 0 Å². The summed E-state index contributed by atoms with van der Waals surface area (Å²) in [5.74, 6) is 2.13. The van der Waals surface area contributed by atoms with Gasteiger partial charge in [0.2, 0.25) is 0 Å². The van der Waals surface area contributed by atoms with Crippen LogP contribution in [0.1, 0.15) is 68.2 Å². The van der Waals surface area contributed by atoms with Gasteiger partial charge in [-0.05, 0) is 71.2 Å². The minimum Gasteiger partial charge on any atom is -0.457 e. The molecule has 0 atom stereocenters. The van der Waals surface area contributed by atoms with Crippen molar-refractivity contribution in [3.8, 4) is 11.5 Å². The first-order valence-electron chi connectivity index (χ1n) is 12.3. The van der Waals surface area contributed by atoms with Crippen molar-refractivity contribution in [1.82, 2.24) is 9.55 Å². The maximum absolute atomic E-state index is 13.0. The molecule has 2 heterocycles. The molecule has 2 aromatic carbocycles. The number of fused-ring (bicyclic) bond motifs is 1. The second-order valence-corrected chi connectivity index (χ2v) is 10.5. The minimum absolute atomic E-state index is 0.0983. The first-order chi connectivity index (χ1) is 16.4. The first-order valence-corrected chi connectivity index (χ1v) is 12.3. The number of benzene rings is 2. The standard InChI is InChI=1S/C30H32N2O2/c1-30(2,3)23-11-14-24(15-12-23)34-25-13-10-22-19-28(29(33)32-16-6-7-17-32)31-27(26(22)20-25)18-21-8-4-5-9-21/h6-7,10-17,19-21H,4-5,8-9,18H2,1-3H3. The van der Waals surface area contributed by atoms with Crippen molar-refractivity contribution in [2.24, 2.45) is 5.92 Å². The number of ether oxygens (including phenoxy) is 1. The summed E-state index contributed by atoms with van der Waals surface area (Å²) < 4.78 is 7.81. The van der Waals surface area contributed by atoms with Gasteiger partial charge in [-0.3, -0.25) is 9.36 Å². The Kier molecular flexibility index (Phi) is 5.99. The first kappa shape index (κ1) is 22.4. The van der Waals surface area contributed by atoms with Crippen LogP contribution in [0, 0.1) is 5.92 Å². The lowest BCUT2D eigenvalue weighted by Crippen LogP contribution is -2.14. The van der Waals surface area contributed by atoms with Crippen molar-refractivity contribution < 1.29 is 9.53 Å². The Morgan fingerprint density at radius 2 is 1.65 bits per heavy atom. The van der Waals surface area contributed by atoms with Gasteiger partial charge in [0.25, 0.3) is 5.91 Å². The highest BCUT2D eigenvalue weighted by molar-refractivity contribution is 5.98. The molecular formula is C30H32N2O2. The van der Waals surface area contributed by atoms with Crippen LogP contribution in [0.25, 0.3) is 10.8 Å². The molecule has 34 heavy (non-hydrogen) atoms. The van der Waals surface area contributed by atoms with Gasteiger partial charge in [-0.25, -0.2) is 4.98 Å². The average Bonchev–Trinajstić information content (AvgIpc) is 3.53. The molecule has 1 saturated carbocycles. The molecule has 1 aliphatic carbocycles. The van der Waals surface area contributed by atoms with Crippen LogP contribution in [0.15, 0.2) is 73.1 Å². The van der Waals surface area contributed by atoms with Gasteiger partial charge in [0, 0.05) is 23.5 Å². The van der Waals surface area contributed by atoms with Crippen molar-refractivity contribution in [1.29, 1.82) is 0 Å². The van der Waals surface area contributed by atoms with Crippen LogP contribution in [0.3, 0.4) is 0 Å². The zero-order valence-corrected chi connectivity index (χ0v) is 20.3. The van der Waals surface area contributed by atoms with Gasteiger partial charge in [0.1, 0.15) is 17.2 Å². The fourth-order valence-corrected chi connectivity index (χ4v) is 4.87. The predicted octanol–water partition coefficient (Wildman–Crippen LogP) is 7.55. The fourth-order valence-electron chi connectivity index (χ4n) is 4.87. The smallest absolute Gasteiger partial charge is 0.280 e. The van der Waals surface area contributed by atoms with E-state index in [2.05, 4.69) is 39.0 Å². The van der Waals surface area contributed by atoms with Crippen molar-refractivity contribution in [3.63, 3.8) is 0 Å². The van der Waals surface area contributed by atoms with E-state index in [9.17, 15) is 4.79 Å². The molecular weight excluding hydrogens is 420 g/mol. The number of nitrogens with zero attached hydrogens (tertiary/aromatic N) is 2. The molecule has 0 N–H and O–H groups in total. The summed E-state index contributed by atoms with van der Waals surface area (Å²) in [6.07, 6.45) is 9.46. The van der Waals surface area contributed by atoms with Crippen LogP contribution >= 0.6 is 0 Å². The fraction of sp³-hybridized carbons (Fsp3) is 0.333. The molecule has 1 aliphatic rings. The Labute approximate surface area is 201 Å². The maximum atomic E-state index is 13.0. The second-order valence-electron chi connectivity index (χ2n) is 10.5. The molecule has 4 aromatic rings. The summed E-state index contributed by atoms with van der Waals surface area (Å²) in [6, 6.07) is 20.0. The lowest BCUT2D eigenvalue weighted by atomic mass is 9.87. The lowest BCUT2D eigenvalue weighted by molar-refractivity contribution is 0.0955. The molecule has 4 heteroatoms. The monoisotopic (exact) mass is 452 g/mol. The molecule has 0 unspecified atom stereocenters. The summed E-state index contributed by atoms with van der Waals surface area (Å²) in [7, 11) is 0. The largest absolute Gasteiger partial charge is 0.457 e. The quantitative estimate of drug-likeness (QED) is 0.314. The molecule has 0 radical (unpaired) electrons. The molecule has 2 aromatic heterocycles. The van der Waals surface area contributed by atoms with E-state index in [1.54, 1.807) is 17.0 Å². The molecule has 5 rings (SSSR count). The Bertz CT molecular complexity index is 1290. The van der Waals surface area contributed by atoms with Gasteiger partial charge in [0.05, 0.1) is 0 Å². The number of pyridine rings is 1. The van der Waals surface area contributed by atoms with Gasteiger partial charge in [-0.15, -0.1) is 0 Å². The zero-order valence-electron chi connectivity index (χ0n) is 20.3. The third kappa shape index (κ3) is 4.77. The summed E-state index contributed by atoms with van der Waals surface area (Å²) in [4.78, 5) is 17.9. The molecule has 0 aliphatic heterocycles. The van der Waals surface area contributed by atoms with Gasteiger partial charge in [-0.2, -0.15) is 0 Å². The number of hydrogen-bond donors (Lipinski definition) is 0. The lowest BCUT2D eigenvalue weighted by Gasteiger charge is -2.19. The van der Waals surface area contributed by atoms with E-state index in [1.165, 1.54) is 31.2 Å². The Hall–Kier alpha value is -3.40. The Morgan fingerprint density at radius 1 is 0.971 bits per heavy atom. The van der Waals surface area contributed by atoms with E-state index in [0.717, 1.165) is 34.4 Å². The number of hydrogen-bond acceptors (Lipinski definition) is 3. The van der Waals surface area contributed by atoms with Gasteiger partial charge < -0.3 is 4.74 Å². The number of aromatic nitrogens is 2. The Morgan fingerprint density at radius 3 is 2.32 bits per heavy atom. The van der Waals surface area contributed by atoms with Crippen molar-refractivity contribution in [2.75, 3.05) is 0 Å². The van der Waals surface area contributed by atoms with Gasteiger partial charge in [0.15, 0.2) is 0 Å². The highest BCUT2D eigenvalue weighted by Crippen LogP contribution is 2.33. The molecule has 0 spiro atoms. The third-order valence-corrected chi connectivity index (χ3v) is 6.85. The normalized spacial score (nSPS) is 14.6. The van der Waals surface area contributed by atoms with E-state index in [-0.39, 0.29) is 11.3 Å². The van der Waals surface area contributed by atoms with E-state index in [4.69, 9.17) is 9.72 Å². The van der Waals surface area contributed by atoms with Gasteiger partial charge >= 0.3 is 0 Å². The Balaban J connectivity index is 1.49. The number of carbonyl (C=O) groups is 1. The second kappa shape index (κ2) is 9.09. The van der Waals surface area contributed by atoms with E-state index >= 15 is 0 Å². The van der Waals surface area contributed by atoms with Crippen LogP contribution in [-0.4, -0.2) is 15.5 Å². The van der Waals surface area contributed by atoms with E-state index in [0.29, 0.717) is 11.6 Å². The average molecular weight is 453 g/mol. The number of rotatable bonds is 5. The van der Waals surface area contributed by atoms with Gasteiger partial charge in [-0.1, -0.05) is 64.7 Å². The van der Waals surface area contributed by atoms with Crippen LogP contribution in [0.5, 0.6) is 11.5 Å². The summed E-state index contributed by atoms with van der Waals surface area (Å²) in [5.41, 5.74) is 2.87. The highest BCUT2D eigenvalue weighted by Gasteiger charge is 2.20. The third-order valence-electron chi connectivity index (χ3n) is 6.85. The van der Waals surface area contributed by atoms with Crippen LogP contribution in [-0.2, 0) is 11.8 Å². The predicted molar refractivity (Wildman–Crippen MR) is 137 cm³/mol. The summed E-state index contributed by atoms with van der Waals surface area (Å²) >= 11 is 0. The molecule has 174 valence electrons. The molecule has 0 amide bonds. The molecule has 4 nitrogen and oxygen atoms in total. The topological polar surface area (TPSA) is 44.1 Å². The van der Waals surface area contributed by atoms with E-state index < -0.39 is 0 Å². The van der Waals surface area contributed by atoms with Crippen molar-refractivity contribution >= 4 is 16.7 Å². The maximum Gasteiger partial charge on any atom is 0.280 e. The van der Waals surface area contributed by atoms with Crippen LogP contribution in [0.4, 0.5) is 0 Å². The molecule has 0 saturated heterocycles. The SMILES string of the molecule is CC(C)(C)c1ccc(Oc2ccc3cc(C(=O)n4cccc4)nc(CC4CCCC4)c3c2)cc1. The zero-order chi connectivity index (χ0) is 23.7. The highest BCUT2D eigenvalue weighted by atomic mass is 16.5. The molecule has 0 bridgehead atoms.